The minimum Gasteiger partial charge on any atom is -0.480 e. The van der Waals surface area contributed by atoms with E-state index >= 15 is 0 Å². The Labute approximate surface area is 614 Å². The molecule has 0 atom stereocenters. The lowest BCUT2D eigenvalue weighted by Gasteiger charge is -2.24. The van der Waals surface area contributed by atoms with Gasteiger partial charge in [0, 0.05) is 103 Å². The third kappa shape index (κ3) is 33.3. The number of nitrogens with zero attached hydrogens (tertiary/aromatic N) is 8. The highest BCUT2D eigenvalue weighted by Gasteiger charge is 2.27. The number of halogens is 3. The first kappa shape index (κ1) is 84.0. The minimum absolute atomic E-state index is 0.109. The molecule has 0 saturated carbocycles. The molecule has 0 fully saturated rings. The number of fused-ring (bicyclic) bond motifs is 1. The van der Waals surface area contributed by atoms with Crippen molar-refractivity contribution in [2.45, 2.75) is 125 Å². The van der Waals surface area contributed by atoms with E-state index < -0.39 is 36.9 Å². The SMILES string of the molecule is C#Cc1ccc(-[n+]2cc3n(c2)CC(=O)N(C)C3)cc1.CN(CC(=O)O)C(=O)OC(C)(C)C.CN(Cc1ncc(-c2ccc(Br)cc2)[nH]1)C(=O)OC(C)(C)C.CN(Cc1ncc(-c2ccc(C#C[Si](C)(C)C)cc2)[nH]1)C(=O)OC(C)(C)C.O=C(CBr)c1ccc(Br)cc1.S=S=S=S=S. The van der Waals surface area contributed by atoms with Gasteiger partial charge in [0.05, 0.1) is 48.7 Å². The van der Waals surface area contributed by atoms with E-state index in [1.165, 1.54) is 43.5 Å². The number of likely N-dealkylation sites (N-methyl/N-ethyl adjacent to an activating group) is 2. The molecule has 0 unspecified atom stereocenters. The van der Waals surface area contributed by atoms with E-state index in [0.29, 0.717) is 43.2 Å². The van der Waals surface area contributed by atoms with Gasteiger partial charge in [-0.3, -0.25) is 14.4 Å². The summed E-state index contributed by atoms with van der Waals surface area (Å²) >= 11 is 18.7. The Hall–Kier alpha value is -7.19. The lowest BCUT2D eigenvalue weighted by Crippen LogP contribution is -2.37. The Kier molecular flexibility index (Phi) is 34.7. The number of rotatable bonds is 11. The number of hydrogen-bond acceptors (Lipinski definition) is 13. The van der Waals surface area contributed by atoms with Gasteiger partial charge in [-0.2, -0.15) is 0 Å². The van der Waals surface area contributed by atoms with Crippen molar-refractivity contribution in [2.24, 2.45) is 0 Å². The summed E-state index contributed by atoms with van der Waals surface area (Å²) in [5, 5.41) is 8.77. The highest BCUT2D eigenvalue weighted by atomic mass is 79.9. The molecule has 1 aliphatic heterocycles. The van der Waals surface area contributed by atoms with Crippen LogP contribution in [0.25, 0.3) is 28.2 Å². The summed E-state index contributed by atoms with van der Waals surface area (Å²) < 4.78 is 21.6. The van der Waals surface area contributed by atoms with Gasteiger partial charge in [0.25, 0.3) is 5.91 Å². The number of imidazole rings is 3. The number of terminal acetylenes is 1. The summed E-state index contributed by atoms with van der Waals surface area (Å²) in [5.41, 5.74) is 10.5. The number of aromatic nitrogens is 6. The lowest BCUT2D eigenvalue weighted by molar-refractivity contribution is -0.595. The quantitative estimate of drug-likeness (QED) is 0.0273. The molecule has 3 N–H and O–H groups in total. The van der Waals surface area contributed by atoms with Gasteiger partial charge in [-0.25, -0.2) is 33.5 Å². The van der Waals surface area contributed by atoms with Crippen molar-refractivity contribution in [1.82, 2.24) is 44.1 Å². The number of carbonyl (C=O) groups excluding carboxylic acids is 5. The Bertz CT molecular complexity index is 4000. The summed E-state index contributed by atoms with van der Waals surface area (Å²) in [7, 11) is 9.16. The molecule has 0 spiro atoms. The van der Waals surface area contributed by atoms with Crippen LogP contribution in [0, 0.1) is 23.8 Å². The molecule has 97 heavy (non-hydrogen) atoms. The Balaban J connectivity index is 0.000000319. The van der Waals surface area contributed by atoms with Crippen LogP contribution >= 0.6 is 47.8 Å². The van der Waals surface area contributed by atoms with Crippen molar-refractivity contribution in [3.05, 3.63) is 165 Å². The molecule has 0 aliphatic carbocycles. The molecule has 8 rings (SSSR count). The van der Waals surface area contributed by atoms with Gasteiger partial charge in [-0.1, -0.05) is 116 Å². The van der Waals surface area contributed by atoms with Gasteiger partial charge in [-0.15, -0.1) is 12.0 Å². The average Bonchev–Trinajstić information content (AvgIpc) is 1.67. The molecule has 520 valence electrons. The van der Waals surface area contributed by atoms with Gasteiger partial charge in [0.2, 0.25) is 6.33 Å². The number of ketones is 1. The van der Waals surface area contributed by atoms with Crippen molar-refractivity contribution in [3.8, 4) is 52.0 Å². The Morgan fingerprint density at radius 1 is 0.680 bits per heavy atom. The van der Waals surface area contributed by atoms with Gasteiger partial charge in [-0.05, 0) is 134 Å². The van der Waals surface area contributed by atoms with E-state index in [4.69, 9.17) is 25.7 Å². The number of H-pyrrole nitrogens is 2. The highest BCUT2D eigenvalue weighted by molar-refractivity contribution is 9.10. The molecule has 7 aromatic rings. The molecule has 4 heterocycles. The van der Waals surface area contributed by atoms with Crippen molar-refractivity contribution in [1.29, 1.82) is 0 Å². The molecule has 1 aliphatic rings. The van der Waals surface area contributed by atoms with Gasteiger partial charge in [0.15, 0.2) is 18.0 Å². The van der Waals surface area contributed by atoms with Crippen molar-refractivity contribution in [2.75, 3.05) is 40.1 Å². The number of aromatic amines is 2. The van der Waals surface area contributed by atoms with Gasteiger partial charge < -0.3 is 48.9 Å². The molecule has 0 bridgehead atoms. The Morgan fingerprint density at radius 2 is 1.10 bits per heavy atom. The first-order valence-electron chi connectivity index (χ1n) is 29.7. The first-order chi connectivity index (χ1) is 45.2. The minimum atomic E-state index is -1.37. The van der Waals surface area contributed by atoms with E-state index in [1.807, 2.05) is 155 Å². The normalized spacial score (nSPS) is 11.4. The summed E-state index contributed by atoms with van der Waals surface area (Å²) in [6.45, 7) is 24.4. The molecule has 20 nitrogen and oxygen atoms in total. The second-order valence-electron chi connectivity index (χ2n) is 25.5. The number of carboxylic acids is 1. The topological polar surface area (TPSA) is 229 Å². The maximum absolute atomic E-state index is 12.1. The van der Waals surface area contributed by atoms with E-state index in [0.717, 1.165) is 64.4 Å². The zero-order valence-corrected chi connectivity index (χ0v) is 67.1. The van der Waals surface area contributed by atoms with Gasteiger partial charge >= 0.3 is 24.2 Å². The third-order valence-corrected chi connectivity index (χ3v) is 19.1. The fourth-order valence-electron chi connectivity index (χ4n) is 7.63. The third-order valence-electron chi connectivity index (χ3n) is 12.2. The monoisotopic (exact) mass is 1630 g/mol. The fourth-order valence-corrected chi connectivity index (χ4v) is 11.7. The molecule has 0 saturated heterocycles. The van der Waals surface area contributed by atoms with Crippen LogP contribution in [-0.2, 0) is 99.0 Å². The zero-order chi connectivity index (χ0) is 73.0. The molecular weight excluding hydrogens is 1540 g/mol. The molecule has 0 radical (unpaired) electrons. The lowest BCUT2D eigenvalue weighted by atomic mass is 10.1. The van der Waals surface area contributed by atoms with Crippen molar-refractivity contribution < 1.29 is 52.7 Å². The first-order valence-corrected chi connectivity index (χ1v) is 41.3. The molecule has 29 heteroatoms. The number of nitrogens with one attached hydrogen (secondary N) is 2. The van der Waals surface area contributed by atoms with Crippen LogP contribution in [-0.4, -0.2) is 150 Å². The van der Waals surface area contributed by atoms with Crippen molar-refractivity contribution in [3.63, 3.8) is 0 Å². The number of carboxylic acid groups (broad SMARTS) is 1. The summed E-state index contributed by atoms with van der Waals surface area (Å²) in [5.74, 6) is 6.46. The molecule has 3 aromatic heterocycles. The van der Waals surface area contributed by atoms with E-state index in [2.05, 4.69) is 127 Å². The fraction of sp³-hybridized carbons (Fsp3) is 0.368. The maximum atomic E-state index is 12.1. The van der Waals surface area contributed by atoms with Crippen LogP contribution in [0.15, 0.2) is 131 Å². The largest absolute Gasteiger partial charge is 0.480 e. The number of amides is 4. The maximum Gasteiger partial charge on any atom is 0.410 e. The second-order valence-corrected chi connectivity index (χ2v) is 37.9. The Morgan fingerprint density at radius 3 is 1.49 bits per heavy atom. The average molecular weight is 1630 g/mol. The molecule has 4 amide bonds. The van der Waals surface area contributed by atoms with Crippen LogP contribution in [0.3, 0.4) is 0 Å². The summed E-state index contributed by atoms with van der Waals surface area (Å²) in [6, 6.07) is 31.2. The highest BCUT2D eigenvalue weighted by Crippen LogP contribution is 2.22. The van der Waals surface area contributed by atoms with Crippen LogP contribution in [0.2, 0.25) is 19.6 Å². The number of ether oxygens (including phenoxy) is 3. The smallest absolute Gasteiger partial charge is 0.410 e. The number of alkyl halides is 1. The van der Waals surface area contributed by atoms with Crippen LogP contribution < -0.4 is 4.57 Å². The van der Waals surface area contributed by atoms with Crippen LogP contribution in [0.1, 0.15) is 101 Å². The van der Waals surface area contributed by atoms with E-state index in [1.54, 1.807) is 64.3 Å². The predicted molar refractivity (Wildman–Crippen MR) is 407 cm³/mol. The van der Waals surface area contributed by atoms with Gasteiger partial charge in [0.1, 0.15) is 55.0 Å². The number of hydrogen-bond donors (Lipinski definition) is 3. The summed E-state index contributed by atoms with van der Waals surface area (Å²) in [4.78, 5) is 89.0. The molecule has 4 aromatic carbocycles. The number of benzene rings is 4. The summed E-state index contributed by atoms with van der Waals surface area (Å²) in [6.07, 6.45) is 11.5. The zero-order valence-electron chi connectivity index (χ0n) is 57.2. The standard InChI is InChI=1S/C21H29N3O2Si.C16H20BrN3O2.C15H14N3O.C8H6Br2O.C8H15NO4.S5/c1-21(2,3)26-20(25)24(4)15-19-22-14-18(23-19)17-10-8-16(9-11-17)12-13-27(5,6)7;1-16(2,3)22-15(21)20(4)10-14-18-9-13(19-14)11-5-7-12(17)8-6-11;1-3-12-4-6-13(7-5-12)17-9-14-8-16(2)15(19)10-18(14)11-17;9-5-8(11)6-1-3-7(10)4-2-6;1-8(2,3)13-7(12)9(4)5-6(10)11;1-3-5-4-2/h8-11,14H,15H2,1-7H3,(H,22,23);5-9H,10H2,1-4H3,(H,18,19);1,4-7,9,11H,8,10H2,2H3;1-4H,5H2;5H2,1-4H3,(H,10,11);/q;;+1;;;. The van der Waals surface area contributed by atoms with E-state index in [-0.39, 0.29) is 30.4 Å². The van der Waals surface area contributed by atoms with E-state index in [9.17, 15) is 28.8 Å². The predicted octanol–water partition coefficient (Wildman–Crippen LogP) is 13.5. The number of aliphatic carboxylic acids is 1. The second kappa shape index (κ2) is 40.0. The number of Topliss-reactive ketones (excluding diaryl/α,β-unsaturated/α-hetero) is 1. The van der Waals surface area contributed by atoms with Crippen LogP contribution in [0.4, 0.5) is 14.4 Å². The van der Waals surface area contributed by atoms with Crippen LogP contribution in [0.5, 0.6) is 0 Å². The van der Waals surface area contributed by atoms with Crippen molar-refractivity contribution >= 4 is 141 Å². The molecular formula is C68H84Br3N10O10S5Si+. The number of carbonyl (C=O) groups is 6.